The molecule has 1 aromatic rings. The fourth-order valence-electron chi connectivity index (χ4n) is 0.805. The molecule has 0 amide bonds. The Hall–Kier alpha value is -0.890. The summed E-state index contributed by atoms with van der Waals surface area (Å²) in [5, 5.41) is 4.09. The molecule has 1 rings (SSSR count). The summed E-state index contributed by atoms with van der Waals surface area (Å²) >= 11 is 1.66. The van der Waals surface area contributed by atoms with Gasteiger partial charge >= 0.3 is 0 Å². The number of thiophene rings is 1. The second kappa shape index (κ2) is 4.09. The van der Waals surface area contributed by atoms with Gasteiger partial charge in [0.1, 0.15) is 0 Å². The lowest BCUT2D eigenvalue weighted by molar-refractivity contribution is -0.114. The molecule has 1 heterocycles. The molecular weight excluding hydrogens is 156 g/mol. The number of allylic oxidation sites excluding steroid dienone is 1. The van der Waals surface area contributed by atoms with Gasteiger partial charge in [0.2, 0.25) is 0 Å². The van der Waals surface area contributed by atoms with Gasteiger partial charge in [-0.05, 0) is 34.9 Å². The van der Waals surface area contributed by atoms with Crippen LogP contribution in [0.1, 0.15) is 12.0 Å². The van der Waals surface area contributed by atoms with Crippen LogP contribution in [0.5, 0.6) is 0 Å². The molecule has 0 unspecified atom stereocenters. The Kier molecular flexibility index (Phi) is 3.05. The molecule has 0 radical (unpaired) electrons. The van der Waals surface area contributed by atoms with Gasteiger partial charge in [0, 0.05) is 6.42 Å². The maximum absolute atomic E-state index is 10.8. The minimum absolute atomic E-state index is 0.121. The lowest BCUT2D eigenvalue weighted by Crippen LogP contribution is -1.93. The number of ketones is 1. The Morgan fingerprint density at radius 2 is 2.55 bits per heavy atom. The molecule has 0 spiro atoms. The van der Waals surface area contributed by atoms with Gasteiger partial charge in [0.25, 0.3) is 0 Å². The van der Waals surface area contributed by atoms with Crippen LogP contribution in [0.3, 0.4) is 0 Å². The van der Waals surface area contributed by atoms with Gasteiger partial charge in [-0.25, -0.2) is 0 Å². The molecule has 1 aromatic heterocycles. The van der Waals surface area contributed by atoms with E-state index in [1.54, 1.807) is 11.3 Å². The van der Waals surface area contributed by atoms with Crippen molar-refractivity contribution in [2.24, 2.45) is 0 Å². The van der Waals surface area contributed by atoms with Crippen molar-refractivity contribution in [2.45, 2.75) is 12.8 Å². The number of hydrogen-bond donors (Lipinski definition) is 0. The first kappa shape index (κ1) is 8.21. The first-order valence-electron chi connectivity index (χ1n) is 3.49. The van der Waals surface area contributed by atoms with E-state index in [4.69, 9.17) is 0 Å². The van der Waals surface area contributed by atoms with Crippen LogP contribution < -0.4 is 0 Å². The minimum Gasteiger partial charge on any atom is -0.295 e. The second-order valence-electron chi connectivity index (χ2n) is 2.30. The smallest absolute Gasteiger partial charge is 0.155 e. The van der Waals surface area contributed by atoms with Crippen molar-refractivity contribution in [3.63, 3.8) is 0 Å². The Morgan fingerprint density at radius 3 is 3.09 bits per heavy atom. The number of hydrogen-bond acceptors (Lipinski definition) is 2. The largest absolute Gasteiger partial charge is 0.295 e. The highest BCUT2D eigenvalue weighted by Crippen LogP contribution is 2.08. The number of aryl methyl sites for hydroxylation is 1. The summed E-state index contributed by atoms with van der Waals surface area (Å²) in [5.74, 6) is 0.121. The quantitative estimate of drug-likeness (QED) is 0.628. The summed E-state index contributed by atoms with van der Waals surface area (Å²) in [7, 11) is 0. The summed E-state index contributed by atoms with van der Waals surface area (Å²) in [6, 6.07) is 2.04. The third-order valence-corrected chi connectivity index (χ3v) is 2.20. The molecular formula is C9H10OS. The lowest BCUT2D eigenvalue weighted by Gasteiger charge is -1.91. The first-order chi connectivity index (χ1) is 5.33. The normalized spacial score (nSPS) is 9.45. The van der Waals surface area contributed by atoms with E-state index < -0.39 is 0 Å². The zero-order valence-corrected chi connectivity index (χ0v) is 7.06. The molecule has 0 aromatic carbocycles. The van der Waals surface area contributed by atoms with Gasteiger partial charge in [0.15, 0.2) is 5.78 Å². The van der Waals surface area contributed by atoms with Crippen LogP contribution in [0.2, 0.25) is 0 Å². The average Bonchev–Trinajstić information content (AvgIpc) is 2.52. The zero-order chi connectivity index (χ0) is 8.10. The summed E-state index contributed by atoms with van der Waals surface area (Å²) in [5.41, 5.74) is 1.24. The summed E-state index contributed by atoms with van der Waals surface area (Å²) in [6.45, 7) is 3.41. The first-order valence-corrected chi connectivity index (χ1v) is 4.43. The van der Waals surface area contributed by atoms with Crippen molar-refractivity contribution < 1.29 is 4.79 Å². The number of carbonyl (C=O) groups is 1. The van der Waals surface area contributed by atoms with Crippen molar-refractivity contribution in [3.8, 4) is 0 Å². The van der Waals surface area contributed by atoms with Gasteiger partial charge in [-0.15, -0.1) is 0 Å². The molecule has 0 aliphatic carbocycles. The van der Waals surface area contributed by atoms with E-state index in [9.17, 15) is 4.79 Å². The standard InChI is InChI=1S/C9H10OS/c1-2-9(10)4-3-8-5-6-11-7-8/h2,5-7H,1,3-4H2. The van der Waals surface area contributed by atoms with E-state index >= 15 is 0 Å². The van der Waals surface area contributed by atoms with Crippen molar-refractivity contribution in [2.75, 3.05) is 0 Å². The predicted molar refractivity (Wildman–Crippen MR) is 47.8 cm³/mol. The second-order valence-corrected chi connectivity index (χ2v) is 3.08. The molecule has 0 atom stereocenters. The van der Waals surface area contributed by atoms with E-state index in [-0.39, 0.29) is 5.78 Å². The van der Waals surface area contributed by atoms with Gasteiger partial charge in [-0.2, -0.15) is 11.3 Å². The number of rotatable bonds is 4. The predicted octanol–water partition coefficient (Wildman–Crippen LogP) is 2.44. The molecule has 1 nitrogen and oxygen atoms in total. The van der Waals surface area contributed by atoms with Crippen LogP contribution in [0.25, 0.3) is 0 Å². The molecule has 0 bridgehead atoms. The van der Waals surface area contributed by atoms with Crippen molar-refractivity contribution in [3.05, 3.63) is 35.0 Å². The van der Waals surface area contributed by atoms with Crippen LogP contribution in [0.4, 0.5) is 0 Å². The highest BCUT2D eigenvalue weighted by molar-refractivity contribution is 7.07. The van der Waals surface area contributed by atoms with Crippen LogP contribution in [-0.2, 0) is 11.2 Å². The maximum atomic E-state index is 10.8. The molecule has 0 aliphatic heterocycles. The summed E-state index contributed by atoms with van der Waals surface area (Å²) < 4.78 is 0. The highest BCUT2D eigenvalue weighted by Gasteiger charge is 1.97. The van der Waals surface area contributed by atoms with Crippen LogP contribution in [0.15, 0.2) is 29.5 Å². The molecule has 2 heteroatoms. The third kappa shape index (κ3) is 2.68. The van der Waals surface area contributed by atoms with E-state index in [2.05, 4.69) is 12.0 Å². The fraction of sp³-hybridized carbons (Fsp3) is 0.222. The molecule has 0 fully saturated rings. The van der Waals surface area contributed by atoms with Crippen molar-refractivity contribution >= 4 is 17.1 Å². The SMILES string of the molecule is C=CC(=O)CCc1ccsc1. The molecule has 58 valence electrons. The van der Waals surface area contributed by atoms with E-state index in [0.29, 0.717) is 6.42 Å². The Balaban J connectivity index is 2.34. The molecule has 11 heavy (non-hydrogen) atoms. The van der Waals surface area contributed by atoms with E-state index in [1.165, 1.54) is 11.6 Å². The lowest BCUT2D eigenvalue weighted by atomic mass is 10.1. The van der Waals surface area contributed by atoms with Crippen LogP contribution in [0, 0.1) is 0 Å². The van der Waals surface area contributed by atoms with E-state index in [1.807, 2.05) is 11.4 Å². The van der Waals surface area contributed by atoms with E-state index in [0.717, 1.165) is 6.42 Å². The monoisotopic (exact) mass is 166 g/mol. The summed E-state index contributed by atoms with van der Waals surface area (Å²) in [4.78, 5) is 10.8. The van der Waals surface area contributed by atoms with Gasteiger partial charge in [0.05, 0.1) is 0 Å². The molecule has 0 aliphatic rings. The Morgan fingerprint density at radius 1 is 1.73 bits per heavy atom. The number of carbonyl (C=O) groups excluding carboxylic acids is 1. The Labute approximate surface area is 70.4 Å². The minimum atomic E-state index is 0.121. The van der Waals surface area contributed by atoms with Gasteiger partial charge in [-0.3, -0.25) is 4.79 Å². The highest BCUT2D eigenvalue weighted by atomic mass is 32.1. The topological polar surface area (TPSA) is 17.1 Å². The van der Waals surface area contributed by atoms with Crippen molar-refractivity contribution in [1.29, 1.82) is 0 Å². The van der Waals surface area contributed by atoms with Gasteiger partial charge in [-0.1, -0.05) is 6.58 Å². The summed E-state index contributed by atoms with van der Waals surface area (Å²) in [6.07, 6.45) is 2.81. The van der Waals surface area contributed by atoms with Crippen LogP contribution in [-0.4, -0.2) is 5.78 Å². The third-order valence-electron chi connectivity index (χ3n) is 1.47. The molecule has 0 N–H and O–H groups in total. The Bertz CT molecular complexity index is 236. The zero-order valence-electron chi connectivity index (χ0n) is 6.25. The maximum Gasteiger partial charge on any atom is 0.155 e. The van der Waals surface area contributed by atoms with Crippen molar-refractivity contribution in [1.82, 2.24) is 0 Å². The fourth-order valence-corrected chi connectivity index (χ4v) is 1.51. The molecule has 0 saturated carbocycles. The van der Waals surface area contributed by atoms with Crippen LogP contribution >= 0.6 is 11.3 Å². The van der Waals surface area contributed by atoms with Gasteiger partial charge < -0.3 is 0 Å². The average molecular weight is 166 g/mol. The molecule has 0 saturated heterocycles.